The van der Waals surface area contributed by atoms with Crippen molar-refractivity contribution in [2.75, 3.05) is 18.1 Å². The molecule has 0 aromatic carbocycles. The Balaban J connectivity index is 1.86. The molecule has 48 valence electrons. The molecule has 0 spiro atoms. The molecule has 1 fully saturated rings. The summed E-state index contributed by atoms with van der Waals surface area (Å²) in [5.41, 5.74) is 0. The normalized spacial score (nSPS) is 27.4. The third kappa shape index (κ3) is 1.67. The molecule has 0 bridgehead atoms. The fourth-order valence-corrected chi connectivity index (χ4v) is 1.56. The fourth-order valence-electron chi connectivity index (χ4n) is 0.751. The van der Waals surface area contributed by atoms with Gasteiger partial charge in [0.2, 0.25) is 0 Å². The van der Waals surface area contributed by atoms with Crippen LogP contribution in [0.5, 0.6) is 0 Å². The third-order valence-electron chi connectivity index (χ3n) is 1.45. The lowest BCUT2D eigenvalue weighted by atomic mass is 10.1. The van der Waals surface area contributed by atoms with Crippen LogP contribution in [0.2, 0.25) is 0 Å². The molecule has 1 N–H and O–H groups in total. The lowest BCUT2D eigenvalue weighted by molar-refractivity contribution is 0.405. The van der Waals surface area contributed by atoms with Crippen molar-refractivity contribution in [2.45, 2.75) is 19.4 Å². The van der Waals surface area contributed by atoms with Crippen molar-refractivity contribution >= 4 is 11.8 Å². The molecule has 8 heavy (non-hydrogen) atoms. The highest BCUT2D eigenvalue weighted by Gasteiger charge is 2.14. The SMILES string of the molecule is CCSCC1CCN1. The van der Waals surface area contributed by atoms with Crippen LogP contribution in [0.1, 0.15) is 13.3 Å². The molecule has 1 unspecified atom stereocenters. The lowest BCUT2D eigenvalue weighted by Crippen LogP contribution is -2.44. The van der Waals surface area contributed by atoms with Crippen LogP contribution in [-0.4, -0.2) is 24.1 Å². The zero-order valence-electron chi connectivity index (χ0n) is 5.31. The predicted molar refractivity (Wildman–Crippen MR) is 39.4 cm³/mol. The van der Waals surface area contributed by atoms with E-state index < -0.39 is 0 Å². The first kappa shape index (κ1) is 6.43. The van der Waals surface area contributed by atoms with Crippen LogP contribution >= 0.6 is 11.8 Å². The van der Waals surface area contributed by atoms with Gasteiger partial charge in [-0.15, -0.1) is 0 Å². The monoisotopic (exact) mass is 131 g/mol. The maximum Gasteiger partial charge on any atom is 0.0170 e. The lowest BCUT2D eigenvalue weighted by Gasteiger charge is -2.26. The predicted octanol–water partition coefficient (Wildman–Crippen LogP) is 1.10. The topological polar surface area (TPSA) is 12.0 Å². The third-order valence-corrected chi connectivity index (χ3v) is 2.50. The van der Waals surface area contributed by atoms with Gasteiger partial charge in [0.1, 0.15) is 0 Å². The van der Waals surface area contributed by atoms with Crippen LogP contribution in [0.4, 0.5) is 0 Å². The summed E-state index contributed by atoms with van der Waals surface area (Å²) in [6.45, 7) is 3.46. The molecule has 1 nitrogen and oxygen atoms in total. The van der Waals surface area contributed by atoms with Crippen molar-refractivity contribution in [1.29, 1.82) is 0 Å². The molecule has 0 aliphatic carbocycles. The van der Waals surface area contributed by atoms with Gasteiger partial charge in [-0.3, -0.25) is 0 Å². The molecule has 1 aliphatic heterocycles. The maximum absolute atomic E-state index is 3.36. The molecular weight excluding hydrogens is 118 g/mol. The van der Waals surface area contributed by atoms with Crippen molar-refractivity contribution < 1.29 is 0 Å². The Hall–Kier alpha value is 0.310. The summed E-state index contributed by atoms with van der Waals surface area (Å²) in [5, 5.41) is 3.36. The van der Waals surface area contributed by atoms with Crippen molar-refractivity contribution in [3.63, 3.8) is 0 Å². The molecule has 0 aromatic heterocycles. The van der Waals surface area contributed by atoms with Gasteiger partial charge in [-0.1, -0.05) is 6.92 Å². The number of rotatable bonds is 3. The zero-order valence-corrected chi connectivity index (χ0v) is 6.13. The summed E-state index contributed by atoms with van der Waals surface area (Å²) in [6.07, 6.45) is 1.40. The maximum atomic E-state index is 3.36. The Morgan fingerprint density at radius 1 is 1.75 bits per heavy atom. The van der Waals surface area contributed by atoms with Gasteiger partial charge in [0.15, 0.2) is 0 Å². The number of thioether (sulfide) groups is 1. The van der Waals surface area contributed by atoms with Gasteiger partial charge in [0.05, 0.1) is 0 Å². The molecule has 1 aliphatic rings. The van der Waals surface area contributed by atoms with E-state index in [1.54, 1.807) is 0 Å². The minimum absolute atomic E-state index is 0.847. The second-order valence-corrected chi connectivity index (χ2v) is 3.42. The standard InChI is InChI=1S/C6H13NS/c1-2-8-5-6-3-4-7-6/h6-7H,2-5H2,1H3. The van der Waals surface area contributed by atoms with Gasteiger partial charge in [-0.05, 0) is 18.7 Å². The Morgan fingerprint density at radius 3 is 2.88 bits per heavy atom. The number of nitrogens with one attached hydrogen (secondary N) is 1. The van der Waals surface area contributed by atoms with Gasteiger partial charge in [0, 0.05) is 11.8 Å². The summed E-state index contributed by atoms with van der Waals surface area (Å²) in [5.74, 6) is 2.58. The van der Waals surface area contributed by atoms with Crippen molar-refractivity contribution in [1.82, 2.24) is 5.32 Å². The molecule has 0 radical (unpaired) electrons. The van der Waals surface area contributed by atoms with E-state index in [9.17, 15) is 0 Å². The van der Waals surface area contributed by atoms with Gasteiger partial charge in [-0.2, -0.15) is 11.8 Å². The molecular formula is C6H13NS. The second-order valence-electron chi connectivity index (χ2n) is 2.10. The van der Waals surface area contributed by atoms with Crippen LogP contribution in [0.25, 0.3) is 0 Å². The number of hydrogen-bond acceptors (Lipinski definition) is 2. The van der Waals surface area contributed by atoms with E-state index in [1.165, 1.54) is 24.5 Å². The zero-order chi connectivity index (χ0) is 5.82. The van der Waals surface area contributed by atoms with Gasteiger partial charge >= 0.3 is 0 Å². The Labute approximate surface area is 55.2 Å². The van der Waals surface area contributed by atoms with Crippen LogP contribution in [0, 0.1) is 0 Å². The molecule has 2 heteroatoms. The summed E-state index contributed by atoms with van der Waals surface area (Å²) in [6, 6.07) is 0.847. The van der Waals surface area contributed by atoms with Crippen molar-refractivity contribution in [3.05, 3.63) is 0 Å². The summed E-state index contributed by atoms with van der Waals surface area (Å²) in [7, 11) is 0. The van der Waals surface area contributed by atoms with Crippen LogP contribution in [0.3, 0.4) is 0 Å². The van der Waals surface area contributed by atoms with E-state index in [2.05, 4.69) is 12.2 Å². The first-order chi connectivity index (χ1) is 3.93. The quantitative estimate of drug-likeness (QED) is 0.615. The molecule has 1 heterocycles. The molecule has 0 amide bonds. The number of hydrogen-bond donors (Lipinski definition) is 1. The van der Waals surface area contributed by atoms with E-state index in [0.29, 0.717) is 0 Å². The van der Waals surface area contributed by atoms with E-state index in [1.807, 2.05) is 11.8 Å². The smallest absolute Gasteiger partial charge is 0.0170 e. The van der Waals surface area contributed by atoms with Crippen molar-refractivity contribution in [2.24, 2.45) is 0 Å². The molecule has 0 saturated carbocycles. The van der Waals surface area contributed by atoms with E-state index in [-0.39, 0.29) is 0 Å². The van der Waals surface area contributed by atoms with Crippen LogP contribution < -0.4 is 5.32 Å². The van der Waals surface area contributed by atoms with Crippen molar-refractivity contribution in [3.8, 4) is 0 Å². The van der Waals surface area contributed by atoms with E-state index >= 15 is 0 Å². The molecule has 1 atom stereocenters. The average Bonchev–Trinajstić information content (AvgIpc) is 1.63. The van der Waals surface area contributed by atoms with Crippen LogP contribution in [-0.2, 0) is 0 Å². The minimum atomic E-state index is 0.847. The first-order valence-corrected chi connectivity index (χ1v) is 4.40. The Bertz CT molecular complexity index is 61.5. The first-order valence-electron chi connectivity index (χ1n) is 3.24. The average molecular weight is 131 g/mol. The summed E-state index contributed by atoms with van der Waals surface area (Å²) >= 11 is 2.03. The molecule has 0 aromatic rings. The Morgan fingerprint density at radius 2 is 2.50 bits per heavy atom. The molecule has 1 rings (SSSR count). The highest BCUT2D eigenvalue weighted by molar-refractivity contribution is 7.99. The largest absolute Gasteiger partial charge is 0.313 e. The van der Waals surface area contributed by atoms with Gasteiger partial charge in [-0.25, -0.2) is 0 Å². The van der Waals surface area contributed by atoms with E-state index in [0.717, 1.165) is 6.04 Å². The van der Waals surface area contributed by atoms with E-state index in [4.69, 9.17) is 0 Å². The highest BCUT2D eigenvalue weighted by atomic mass is 32.2. The Kier molecular flexibility index (Phi) is 2.70. The summed E-state index contributed by atoms with van der Waals surface area (Å²) in [4.78, 5) is 0. The molecule has 1 saturated heterocycles. The second kappa shape index (κ2) is 3.36. The van der Waals surface area contributed by atoms with Crippen LogP contribution in [0.15, 0.2) is 0 Å². The van der Waals surface area contributed by atoms with Gasteiger partial charge < -0.3 is 5.32 Å². The fraction of sp³-hybridized carbons (Fsp3) is 1.00. The van der Waals surface area contributed by atoms with Gasteiger partial charge in [0.25, 0.3) is 0 Å². The summed E-state index contributed by atoms with van der Waals surface area (Å²) < 4.78 is 0. The highest BCUT2D eigenvalue weighted by Crippen LogP contribution is 2.09. The minimum Gasteiger partial charge on any atom is -0.313 e.